The molecule has 2 unspecified atom stereocenters. The highest BCUT2D eigenvalue weighted by molar-refractivity contribution is 5.88. The fraction of sp³-hybridized carbons (Fsp3) is 0.556. The molecule has 0 aliphatic heterocycles. The summed E-state index contributed by atoms with van der Waals surface area (Å²) in [5.41, 5.74) is 3.46. The standard InChI is InChI=1S/C18H26N2O3/c1-3-15(8-9-18(22)23)20-17-7-5-13-4-6-16(19-12(2)21)10-14(13)11-17/h4,6,10,15,17,20H,3,5,7-9,11H2,1-2H3,(H,19,21)(H,22,23). The summed E-state index contributed by atoms with van der Waals surface area (Å²) in [6, 6.07) is 6.72. The van der Waals surface area contributed by atoms with Crippen LogP contribution in [-0.2, 0) is 22.4 Å². The molecule has 0 saturated carbocycles. The smallest absolute Gasteiger partial charge is 0.303 e. The summed E-state index contributed by atoms with van der Waals surface area (Å²) in [7, 11) is 0. The molecule has 0 saturated heterocycles. The van der Waals surface area contributed by atoms with Crippen LogP contribution in [0.3, 0.4) is 0 Å². The third-order valence-corrected chi connectivity index (χ3v) is 4.43. The average Bonchev–Trinajstić information content (AvgIpc) is 2.50. The second kappa shape index (κ2) is 8.11. The Hall–Kier alpha value is -1.88. The maximum Gasteiger partial charge on any atom is 0.303 e. The summed E-state index contributed by atoms with van der Waals surface area (Å²) in [4.78, 5) is 21.9. The Morgan fingerprint density at radius 2 is 2.13 bits per heavy atom. The normalized spacial score (nSPS) is 18.1. The first kappa shape index (κ1) is 17.5. The van der Waals surface area contributed by atoms with E-state index in [2.05, 4.69) is 29.7 Å². The van der Waals surface area contributed by atoms with E-state index in [9.17, 15) is 9.59 Å². The lowest BCUT2D eigenvalue weighted by atomic mass is 9.87. The van der Waals surface area contributed by atoms with Crippen molar-refractivity contribution in [1.82, 2.24) is 5.32 Å². The number of anilines is 1. The number of benzene rings is 1. The van der Waals surface area contributed by atoms with E-state index < -0.39 is 5.97 Å². The maximum absolute atomic E-state index is 11.2. The Bertz CT molecular complexity index is 571. The van der Waals surface area contributed by atoms with Gasteiger partial charge in [-0.1, -0.05) is 13.0 Å². The van der Waals surface area contributed by atoms with Gasteiger partial charge in [-0.3, -0.25) is 9.59 Å². The lowest BCUT2D eigenvalue weighted by molar-refractivity contribution is -0.137. The predicted molar refractivity (Wildman–Crippen MR) is 90.6 cm³/mol. The Morgan fingerprint density at radius 1 is 1.35 bits per heavy atom. The van der Waals surface area contributed by atoms with Gasteiger partial charge >= 0.3 is 5.97 Å². The highest BCUT2D eigenvalue weighted by Crippen LogP contribution is 2.25. The summed E-state index contributed by atoms with van der Waals surface area (Å²) >= 11 is 0. The zero-order valence-electron chi connectivity index (χ0n) is 13.9. The van der Waals surface area contributed by atoms with Gasteiger partial charge in [0.1, 0.15) is 0 Å². The van der Waals surface area contributed by atoms with E-state index in [1.807, 2.05) is 6.07 Å². The summed E-state index contributed by atoms with van der Waals surface area (Å²) < 4.78 is 0. The van der Waals surface area contributed by atoms with Crippen molar-refractivity contribution in [2.75, 3.05) is 5.32 Å². The van der Waals surface area contributed by atoms with E-state index >= 15 is 0 Å². The first-order chi connectivity index (χ1) is 11.0. The van der Waals surface area contributed by atoms with Crippen LogP contribution in [0.1, 0.15) is 50.7 Å². The van der Waals surface area contributed by atoms with Crippen LogP contribution in [0.4, 0.5) is 5.69 Å². The number of nitrogens with one attached hydrogen (secondary N) is 2. The molecule has 0 radical (unpaired) electrons. The Labute approximate surface area is 137 Å². The van der Waals surface area contributed by atoms with Crippen LogP contribution in [0.25, 0.3) is 0 Å². The number of rotatable bonds is 7. The highest BCUT2D eigenvalue weighted by atomic mass is 16.4. The molecule has 2 atom stereocenters. The zero-order valence-corrected chi connectivity index (χ0v) is 13.9. The van der Waals surface area contributed by atoms with Crippen molar-refractivity contribution in [2.24, 2.45) is 0 Å². The average molecular weight is 318 g/mol. The molecule has 5 nitrogen and oxygen atoms in total. The van der Waals surface area contributed by atoms with Crippen LogP contribution >= 0.6 is 0 Å². The number of fused-ring (bicyclic) bond motifs is 1. The molecule has 2 rings (SSSR count). The molecular formula is C18H26N2O3. The molecule has 5 heteroatoms. The van der Waals surface area contributed by atoms with Gasteiger partial charge in [-0.25, -0.2) is 0 Å². The third-order valence-electron chi connectivity index (χ3n) is 4.43. The summed E-state index contributed by atoms with van der Waals surface area (Å²) in [6.07, 6.45) is 4.82. The molecule has 1 aliphatic rings. The molecule has 1 aromatic carbocycles. The van der Waals surface area contributed by atoms with E-state index in [1.165, 1.54) is 18.1 Å². The second-order valence-corrected chi connectivity index (χ2v) is 6.31. The minimum Gasteiger partial charge on any atom is -0.481 e. The highest BCUT2D eigenvalue weighted by Gasteiger charge is 2.21. The molecule has 1 aromatic rings. The largest absolute Gasteiger partial charge is 0.481 e. The van der Waals surface area contributed by atoms with Gasteiger partial charge < -0.3 is 15.7 Å². The van der Waals surface area contributed by atoms with Crippen LogP contribution in [0, 0.1) is 0 Å². The molecular weight excluding hydrogens is 292 g/mol. The zero-order chi connectivity index (χ0) is 16.8. The fourth-order valence-corrected chi connectivity index (χ4v) is 3.22. The molecule has 0 aromatic heterocycles. The summed E-state index contributed by atoms with van der Waals surface area (Å²) in [6.45, 7) is 3.60. The Balaban J connectivity index is 1.97. The van der Waals surface area contributed by atoms with Gasteiger partial charge in [-0.2, -0.15) is 0 Å². The van der Waals surface area contributed by atoms with Crippen molar-refractivity contribution in [3.8, 4) is 0 Å². The van der Waals surface area contributed by atoms with Crippen molar-refractivity contribution in [3.05, 3.63) is 29.3 Å². The van der Waals surface area contributed by atoms with Crippen LogP contribution < -0.4 is 10.6 Å². The topological polar surface area (TPSA) is 78.4 Å². The second-order valence-electron chi connectivity index (χ2n) is 6.31. The van der Waals surface area contributed by atoms with E-state index in [-0.39, 0.29) is 18.4 Å². The molecule has 0 fully saturated rings. The number of hydrogen-bond donors (Lipinski definition) is 3. The fourth-order valence-electron chi connectivity index (χ4n) is 3.22. The van der Waals surface area contributed by atoms with Crippen LogP contribution in [0.2, 0.25) is 0 Å². The van der Waals surface area contributed by atoms with Crippen molar-refractivity contribution in [1.29, 1.82) is 0 Å². The van der Waals surface area contributed by atoms with Gasteiger partial charge in [0.25, 0.3) is 0 Å². The molecule has 0 bridgehead atoms. The number of carbonyl (C=O) groups is 2. The first-order valence-electron chi connectivity index (χ1n) is 8.35. The SMILES string of the molecule is CCC(CCC(=O)O)NC1CCc2ccc(NC(C)=O)cc2C1. The Morgan fingerprint density at radius 3 is 2.78 bits per heavy atom. The van der Waals surface area contributed by atoms with Gasteiger partial charge in [-0.05, 0) is 55.4 Å². The summed E-state index contributed by atoms with van der Waals surface area (Å²) in [5, 5.41) is 15.3. The molecule has 23 heavy (non-hydrogen) atoms. The van der Waals surface area contributed by atoms with Crippen LogP contribution in [0.15, 0.2) is 18.2 Å². The van der Waals surface area contributed by atoms with Crippen molar-refractivity contribution >= 4 is 17.6 Å². The van der Waals surface area contributed by atoms with E-state index in [1.54, 1.807) is 0 Å². The summed E-state index contributed by atoms with van der Waals surface area (Å²) in [5.74, 6) is -0.797. The third kappa shape index (κ3) is 5.36. The molecule has 1 amide bonds. The van der Waals surface area contributed by atoms with Crippen molar-refractivity contribution in [2.45, 2.75) is 64.5 Å². The number of amides is 1. The lowest BCUT2D eigenvalue weighted by Gasteiger charge is -2.29. The van der Waals surface area contributed by atoms with E-state index in [0.29, 0.717) is 12.5 Å². The van der Waals surface area contributed by atoms with Crippen LogP contribution in [-0.4, -0.2) is 29.1 Å². The molecule has 126 valence electrons. The maximum atomic E-state index is 11.2. The minimum absolute atomic E-state index is 0.0600. The van der Waals surface area contributed by atoms with Gasteiger partial charge in [0, 0.05) is 31.1 Å². The molecule has 1 aliphatic carbocycles. The molecule has 3 N–H and O–H groups in total. The van der Waals surface area contributed by atoms with Gasteiger partial charge in [0.15, 0.2) is 0 Å². The Kier molecular flexibility index (Phi) is 6.16. The number of hydrogen-bond acceptors (Lipinski definition) is 3. The quantitative estimate of drug-likeness (QED) is 0.722. The number of carbonyl (C=O) groups excluding carboxylic acids is 1. The monoisotopic (exact) mass is 318 g/mol. The van der Waals surface area contributed by atoms with E-state index in [0.717, 1.165) is 31.4 Å². The van der Waals surface area contributed by atoms with E-state index in [4.69, 9.17) is 5.11 Å². The number of aryl methyl sites for hydroxylation is 1. The lowest BCUT2D eigenvalue weighted by Crippen LogP contribution is -2.41. The van der Waals surface area contributed by atoms with Gasteiger partial charge in [0.2, 0.25) is 5.91 Å². The first-order valence-corrected chi connectivity index (χ1v) is 8.35. The number of carboxylic acid groups (broad SMARTS) is 1. The number of carboxylic acids is 1. The van der Waals surface area contributed by atoms with Crippen LogP contribution in [0.5, 0.6) is 0 Å². The molecule has 0 heterocycles. The minimum atomic E-state index is -0.737. The predicted octanol–water partition coefficient (Wildman–Crippen LogP) is 2.74. The number of aliphatic carboxylic acids is 1. The van der Waals surface area contributed by atoms with Gasteiger partial charge in [0.05, 0.1) is 0 Å². The van der Waals surface area contributed by atoms with Gasteiger partial charge in [-0.15, -0.1) is 0 Å². The van der Waals surface area contributed by atoms with Crippen molar-refractivity contribution < 1.29 is 14.7 Å². The molecule has 0 spiro atoms. The van der Waals surface area contributed by atoms with Crippen molar-refractivity contribution in [3.63, 3.8) is 0 Å².